The van der Waals surface area contributed by atoms with Gasteiger partial charge in [-0.25, -0.2) is 0 Å². The summed E-state index contributed by atoms with van der Waals surface area (Å²) in [6.45, 7) is 2.80. The molecule has 1 heterocycles. The van der Waals surface area contributed by atoms with Gasteiger partial charge in [-0.15, -0.1) is 0 Å². The number of Topliss-reactive ketones (excluding diaryl/α,β-unsaturated/α-hetero) is 1. The number of amidine groups is 1. The van der Waals surface area contributed by atoms with Crippen molar-refractivity contribution in [1.29, 1.82) is 0 Å². The summed E-state index contributed by atoms with van der Waals surface area (Å²) < 4.78 is 0. The smallest absolute Gasteiger partial charge is 0.194 e. The lowest BCUT2D eigenvalue weighted by molar-refractivity contribution is -0.111. The summed E-state index contributed by atoms with van der Waals surface area (Å²) >= 11 is 11.9. The number of carbonyl (C=O) groups excluding carboxylic acids is 1. The summed E-state index contributed by atoms with van der Waals surface area (Å²) in [7, 11) is 0. The van der Waals surface area contributed by atoms with Crippen molar-refractivity contribution in [1.82, 2.24) is 0 Å². The van der Waals surface area contributed by atoms with Crippen LogP contribution in [0.4, 0.5) is 5.69 Å². The van der Waals surface area contributed by atoms with Crippen molar-refractivity contribution in [2.24, 2.45) is 4.99 Å². The molecule has 0 atom stereocenters. The molecule has 0 N–H and O–H groups in total. The number of rotatable bonds is 2. The molecule has 84 valence electrons. The van der Waals surface area contributed by atoms with Gasteiger partial charge in [-0.2, -0.15) is 0 Å². The van der Waals surface area contributed by atoms with Crippen LogP contribution >= 0.6 is 23.2 Å². The summed E-state index contributed by atoms with van der Waals surface area (Å²) in [5, 5.41) is 1.11. The van der Waals surface area contributed by atoms with E-state index in [-0.39, 0.29) is 5.78 Å². The molecule has 0 spiro atoms. The summed E-state index contributed by atoms with van der Waals surface area (Å²) in [5.74, 6) is 0.410. The Balaban J connectivity index is 2.38. The van der Waals surface area contributed by atoms with Gasteiger partial charge in [-0.1, -0.05) is 23.2 Å². The predicted octanol–water partition coefficient (Wildman–Crippen LogP) is 2.80. The SMILES string of the molecule is CC(=O)C1=NCCN1c1ccc(Cl)cc1Cl. The monoisotopic (exact) mass is 256 g/mol. The van der Waals surface area contributed by atoms with Gasteiger partial charge in [0.1, 0.15) is 0 Å². The highest BCUT2D eigenvalue weighted by Gasteiger charge is 2.23. The zero-order valence-electron chi connectivity index (χ0n) is 8.70. The van der Waals surface area contributed by atoms with Crippen LogP contribution < -0.4 is 4.90 Å². The first kappa shape index (κ1) is 11.4. The van der Waals surface area contributed by atoms with E-state index in [1.54, 1.807) is 18.2 Å². The van der Waals surface area contributed by atoms with E-state index in [4.69, 9.17) is 23.2 Å². The largest absolute Gasteiger partial charge is 0.320 e. The molecule has 0 aromatic heterocycles. The fourth-order valence-corrected chi connectivity index (χ4v) is 2.19. The summed E-state index contributed by atoms with van der Waals surface area (Å²) in [4.78, 5) is 17.3. The Morgan fingerprint density at radius 2 is 2.19 bits per heavy atom. The molecule has 0 amide bonds. The van der Waals surface area contributed by atoms with E-state index in [2.05, 4.69) is 4.99 Å². The van der Waals surface area contributed by atoms with E-state index >= 15 is 0 Å². The zero-order valence-corrected chi connectivity index (χ0v) is 10.2. The topological polar surface area (TPSA) is 32.7 Å². The predicted molar refractivity (Wildman–Crippen MR) is 66.8 cm³/mol. The number of anilines is 1. The van der Waals surface area contributed by atoms with Crippen molar-refractivity contribution in [2.45, 2.75) is 6.92 Å². The Morgan fingerprint density at radius 3 is 2.81 bits per heavy atom. The molecule has 2 rings (SSSR count). The van der Waals surface area contributed by atoms with E-state index in [9.17, 15) is 4.79 Å². The molecule has 0 saturated carbocycles. The van der Waals surface area contributed by atoms with Crippen LogP contribution in [0.1, 0.15) is 6.92 Å². The van der Waals surface area contributed by atoms with Gasteiger partial charge in [-0.3, -0.25) is 9.79 Å². The highest BCUT2D eigenvalue weighted by molar-refractivity contribution is 6.45. The van der Waals surface area contributed by atoms with Crippen LogP contribution in [0.2, 0.25) is 10.0 Å². The molecule has 1 aliphatic rings. The van der Waals surface area contributed by atoms with Gasteiger partial charge < -0.3 is 4.90 Å². The maximum atomic E-state index is 11.4. The minimum atomic E-state index is -0.0523. The van der Waals surface area contributed by atoms with Crippen molar-refractivity contribution in [2.75, 3.05) is 18.0 Å². The van der Waals surface area contributed by atoms with E-state index in [1.165, 1.54) is 6.92 Å². The highest BCUT2D eigenvalue weighted by Crippen LogP contribution is 2.30. The third-order valence-corrected chi connectivity index (χ3v) is 2.89. The second-order valence-electron chi connectivity index (χ2n) is 3.51. The lowest BCUT2D eigenvalue weighted by atomic mass is 10.2. The third kappa shape index (κ3) is 2.06. The van der Waals surface area contributed by atoms with Gasteiger partial charge in [0.05, 0.1) is 17.3 Å². The fraction of sp³-hybridized carbons (Fsp3) is 0.273. The third-order valence-electron chi connectivity index (χ3n) is 2.36. The van der Waals surface area contributed by atoms with Crippen molar-refractivity contribution in [3.8, 4) is 0 Å². The standard InChI is InChI=1S/C11H10Cl2N2O/c1-7(16)11-14-4-5-15(11)10-3-2-8(12)6-9(10)13/h2-3,6H,4-5H2,1H3. The van der Waals surface area contributed by atoms with Gasteiger partial charge >= 0.3 is 0 Å². The van der Waals surface area contributed by atoms with E-state index in [1.807, 2.05) is 4.90 Å². The van der Waals surface area contributed by atoms with Gasteiger partial charge in [0.2, 0.25) is 0 Å². The molecule has 1 aliphatic heterocycles. The molecule has 1 aromatic carbocycles. The number of carbonyl (C=O) groups is 1. The second-order valence-corrected chi connectivity index (χ2v) is 4.35. The van der Waals surface area contributed by atoms with Crippen LogP contribution in [0.25, 0.3) is 0 Å². The van der Waals surface area contributed by atoms with Crippen molar-refractivity contribution >= 4 is 40.5 Å². The second kappa shape index (κ2) is 4.44. The Kier molecular flexibility index (Phi) is 3.17. The van der Waals surface area contributed by atoms with E-state index in [0.29, 0.717) is 29.0 Å². The molecule has 0 unspecified atom stereocenters. The molecule has 3 nitrogen and oxygen atoms in total. The molecule has 0 fully saturated rings. The first-order valence-electron chi connectivity index (χ1n) is 4.87. The molecule has 16 heavy (non-hydrogen) atoms. The Morgan fingerprint density at radius 1 is 1.44 bits per heavy atom. The fourth-order valence-electron chi connectivity index (χ4n) is 1.68. The number of aliphatic imine (C=N–C) groups is 1. The maximum absolute atomic E-state index is 11.4. The van der Waals surface area contributed by atoms with Crippen LogP contribution in [0.3, 0.4) is 0 Å². The number of hydrogen-bond acceptors (Lipinski definition) is 3. The summed E-state index contributed by atoms with van der Waals surface area (Å²) in [6.07, 6.45) is 0. The lowest BCUT2D eigenvalue weighted by Crippen LogP contribution is -2.32. The van der Waals surface area contributed by atoms with E-state index in [0.717, 1.165) is 5.69 Å². The number of nitrogens with zero attached hydrogens (tertiary/aromatic N) is 2. The van der Waals surface area contributed by atoms with Crippen molar-refractivity contribution in [3.63, 3.8) is 0 Å². The maximum Gasteiger partial charge on any atom is 0.194 e. The Labute approximate surface area is 104 Å². The van der Waals surface area contributed by atoms with Gasteiger partial charge in [0.15, 0.2) is 11.6 Å². The summed E-state index contributed by atoms with van der Waals surface area (Å²) in [6, 6.07) is 5.21. The first-order valence-corrected chi connectivity index (χ1v) is 5.63. The average Bonchev–Trinajstić information content (AvgIpc) is 2.66. The molecule has 0 aliphatic carbocycles. The van der Waals surface area contributed by atoms with Crippen LogP contribution in [0.15, 0.2) is 23.2 Å². The zero-order chi connectivity index (χ0) is 11.7. The number of ketones is 1. The minimum Gasteiger partial charge on any atom is -0.320 e. The molecule has 0 saturated heterocycles. The van der Waals surface area contributed by atoms with Gasteiger partial charge in [-0.05, 0) is 18.2 Å². The number of benzene rings is 1. The van der Waals surface area contributed by atoms with E-state index < -0.39 is 0 Å². The molecule has 1 aromatic rings. The number of halogens is 2. The molecule has 0 bridgehead atoms. The highest BCUT2D eigenvalue weighted by atomic mass is 35.5. The van der Waals surface area contributed by atoms with Crippen LogP contribution in [-0.4, -0.2) is 24.7 Å². The van der Waals surface area contributed by atoms with Gasteiger partial charge in [0.25, 0.3) is 0 Å². The minimum absolute atomic E-state index is 0.0523. The van der Waals surface area contributed by atoms with Crippen LogP contribution in [0.5, 0.6) is 0 Å². The Hall–Kier alpha value is -1.06. The number of hydrogen-bond donors (Lipinski definition) is 0. The van der Waals surface area contributed by atoms with Gasteiger partial charge in [0, 0.05) is 18.5 Å². The van der Waals surface area contributed by atoms with Crippen LogP contribution in [0, 0.1) is 0 Å². The molecule has 0 radical (unpaired) electrons. The first-order chi connectivity index (χ1) is 7.59. The Bertz CT molecular complexity index is 471. The van der Waals surface area contributed by atoms with Crippen molar-refractivity contribution < 1.29 is 4.79 Å². The molecule has 5 heteroatoms. The average molecular weight is 257 g/mol. The molecular weight excluding hydrogens is 247 g/mol. The quantitative estimate of drug-likeness (QED) is 0.816. The lowest BCUT2D eigenvalue weighted by Gasteiger charge is -2.20. The van der Waals surface area contributed by atoms with Crippen LogP contribution in [-0.2, 0) is 4.79 Å². The normalized spacial score (nSPS) is 15.2. The molecular formula is C11H10Cl2N2O. The van der Waals surface area contributed by atoms with Crippen molar-refractivity contribution in [3.05, 3.63) is 28.2 Å². The summed E-state index contributed by atoms with van der Waals surface area (Å²) in [5.41, 5.74) is 0.775.